The van der Waals surface area contributed by atoms with Gasteiger partial charge in [-0.05, 0) is 59.5 Å². The highest BCUT2D eigenvalue weighted by Crippen LogP contribution is 2.35. The van der Waals surface area contributed by atoms with Gasteiger partial charge in [0.2, 0.25) is 0 Å². The van der Waals surface area contributed by atoms with Crippen LogP contribution in [0.5, 0.6) is 11.5 Å². The van der Waals surface area contributed by atoms with E-state index in [1.165, 1.54) is 38.4 Å². The molecule has 27 heavy (non-hydrogen) atoms. The summed E-state index contributed by atoms with van der Waals surface area (Å²) in [4.78, 5) is 0. The monoisotopic (exact) mass is 353 g/mol. The number of aromatic nitrogens is 1. The van der Waals surface area contributed by atoms with Gasteiger partial charge in [0.25, 0.3) is 0 Å². The lowest BCUT2D eigenvalue weighted by Crippen LogP contribution is -1.92. The van der Waals surface area contributed by atoms with Crippen LogP contribution in [0.2, 0.25) is 0 Å². The Hall–Kier alpha value is -3.46. The van der Waals surface area contributed by atoms with Crippen LogP contribution in [0.3, 0.4) is 0 Å². The molecule has 0 radical (unpaired) electrons. The molecule has 5 rings (SSSR count). The standard InChI is InChI=1S/C24H19NO2/c1-26-19-9-7-16(8-10-19)21-14-17-5-3-4-6-22(17)25-23-12-11-20(27-2)13-18(23)15-24(21)25/h3-15H,1-2H3. The van der Waals surface area contributed by atoms with E-state index in [0.29, 0.717) is 0 Å². The van der Waals surface area contributed by atoms with Gasteiger partial charge in [-0.25, -0.2) is 0 Å². The molecule has 2 heterocycles. The molecule has 0 atom stereocenters. The van der Waals surface area contributed by atoms with Crippen molar-refractivity contribution in [3.63, 3.8) is 0 Å². The van der Waals surface area contributed by atoms with Crippen molar-refractivity contribution in [2.75, 3.05) is 14.2 Å². The van der Waals surface area contributed by atoms with E-state index in [4.69, 9.17) is 9.47 Å². The van der Waals surface area contributed by atoms with E-state index >= 15 is 0 Å². The van der Waals surface area contributed by atoms with Crippen LogP contribution in [-0.2, 0) is 0 Å². The largest absolute Gasteiger partial charge is 0.497 e. The average molecular weight is 353 g/mol. The van der Waals surface area contributed by atoms with Crippen LogP contribution in [-0.4, -0.2) is 18.6 Å². The van der Waals surface area contributed by atoms with Crippen molar-refractivity contribution < 1.29 is 9.47 Å². The third kappa shape index (κ3) is 2.43. The smallest absolute Gasteiger partial charge is 0.119 e. The van der Waals surface area contributed by atoms with Crippen molar-refractivity contribution in [3.05, 3.63) is 78.9 Å². The second-order valence-electron chi connectivity index (χ2n) is 6.64. The van der Waals surface area contributed by atoms with Crippen molar-refractivity contribution in [2.45, 2.75) is 0 Å². The molecule has 0 unspecified atom stereocenters. The Balaban J connectivity index is 1.91. The van der Waals surface area contributed by atoms with Gasteiger partial charge in [0.15, 0.2) is 0 Å². The number of ether oxygens (including phenoxy) is 2. The molecule has 0 aliphatic rings. The lowest BCUT2D eigenvalue weighted by atomic mass is 10.0. The number of fused-ring (bicyclic) bond motifs is 5. The van der Waals surface area contributed by atoms with Crippen molar-refractivity contribution in [3.8, 4) is 22.6 Å². The fourth-order valence-electron chi connectivity index (χ4n) is 3.82. The number of methoxy groups -OCH3 is 2. The van der Waals surface area contributed by atoms with E-state index in [2.05, 4.69) is 65.1 Å². The summed E-state index contributed by atoms with van der Waals surface area (Å²) in [5.74, 6) is 1.73. The second kappa shape index (κ2) is 6.06. The Kier molecular flexibility index (Phi) is 3.54. The van der Waals surface area contributed by atoms with Crippen LogP contribution in [0, 0.1) is 0 Å². The quantitative estimate of drug-likeness (QED) is 0.401. The van der Waals surface area contributed by atoms with Crippen LogP contribution < -0.4 is 9.47 Å². The number of pyridine rings is 1. The van der Waals surface area contributed by atoms with Crippen molar-refractivity contribution >= 4 is 27.3 Å². The van der Waals surface area contributed by atoms with Crippen LogP contribution >= 0.6 is 0 Å². The van der Waals surface area contributed by atoms with Crippen LogP contribution in [0.4, 0.5) is 0 Å². The lowest BCUT2D eigenvalue weighted by Gasteiger charge is -2.11. The zero-order chi connectivity index (χ0) is 18.4. The molecule has 0 saturated heterocycles. The Labute approximate surface area is 157 Å². The number of hydrogen-bond donors (Lipinski definition) is 0. The third-order valence-corrected chi connectivity index (χ3v) is 5.16. The number of benzene rings is 3. The first kappa shape index (κ1) is 15.8. The summed E-state index contributed by atoms with van der Waals surface area (Å²) in [6.07, 6.45) is 0. The molecule has 2 aromatic heterocycles. The van der Waals surface area contributed by atoms with Crippen molar-refractivity contribution in [1.29, 1.82) is 0 Å². The van der Waals surface area contributed by atoms with E-state index in [-0.39, 0.29) is 0 Å². The Morgan fingerprint density at radius 1 is 0.593 bits per heavy atom. The second-order valence-corrected chi connectivity index (χ2v) is 6.64. The molecule has 0 amide bonds. The highest BCUT2D eigenvalue weighted by molar-refractivity contribution is 6.01. The fraction of sp³-hybridized carbons (Fsp3) is 0.0833. The first-order valence-electron chi connectivity index (χ1n) is 8.94. The maximum absolute atomic E-state index is 5.42. The third-order valence-electron chi connectivity index (χ3n) is 5.16. The van der Waals surface area contributed by atoms with E-state index in [0.717, 1.165) is 11.5 Å². The molecular weight excluding hydrogens is 334 g/mol. The van der Waals surface area contributed by atoms with Gasteiger partial charge in [-0.3, -0.25) is 0 Å². The predicted molar refractivity (Wildman–Crippen MR) is 111 cm³/mol. The fourth-order valence-corrected chi connectivity index (χ4v) is 3.82. The topological polar surface area (TPSA) is 22.9 Å². The van der Waals surface area contributed by atoms with E-state index in [1.54, 1.807) is 14.2 Å². The summed E-state index contributed by atoms with van der Waals surface area (Å²) in [5.41, 5.74) is 5.93. The molecule has 0 aliphatic carbocycles. The molecule has 132 valence electrons. The lowest BCUT2D eigenvalue weighted by molar-refractivity contribution is 0.415. The summed E-state index contributed by atoms with van der Waals surface area (Å²) in [6, 6.07) is 27.5. The van der Waals surface area contributed by atoms with Gasteiger partial charge in [0.05, 0.1) is 30.8 Å². The SMILES string of the molecule is COc1ccc(-c2cc3ccccc3n3c2cc2cc(OC)ccc23)cc1. The maximum Gasteiger partial charge on any atom is 0.119 e. The minimum atomic E-state index is 0.862. The number of para-hydroxylation sites is 1. The molecule has 0 spiro atoms. The molecule has 0 N–H and O–H groups in total. The minimum Gasteiger partial charge on any atom is -0.497 e. The highest BCUT2D eigenvalue weighted by atomic mass is 16.5. The first-order chi connectivity index (χ1) is 13.3. The molecule has 0 fully saturated rings. The summed E-state index contributed by atoms with van der Waals surface area (Å²) in [5, 5.41) is 2.38. The Morgan fingerprint density at radius 2 is 1.30 bits per heavy atom. The normalized spacial score (nSPS) is 11.3. The van der Waals surface area contributed by atoms with Crippen LogP contribution in [0.1, 0.15) is 0 Å². The molecule has 5 aromatic rings. The van der Waals surface area contributed by atoms with Gasteiger partial charge in [-0.15, -0.1) is 0 Å². The van der Waals surface area contributed by atoms with Gasteiger partial charge in [0.1, 0.15) is 11.5 Å². The molecule has 3 nitrogen and oxygen atoms in total. The zero-order valence-electron chi connectivity index (χ0n) is 15.3. The van der Waals surface area contributed by atoms with Gasteiger partial charge >= 0.3 is 0 Å². The summed E-state index contributed by atoms with van der Waals surface area (Å²) < 4.78 is 13.1. The molecule has 3 heteroatoms. The van der Waals surface area contributed by atoms with Gasteiger partial charge in [0, 0.05) is 10.9 Å². The molecular formula is C24H19NO2. The van der Waals surface area contributed by atoms with Gasteiger partial charge in [-0.1, -0.05) is 30.3 Å². The minimum absolute atomic E-state index is 0.862. The molecule has 0 bridgehead atoms. The first-order valence-corrected chi connectivity index (χ1v) is 8.94. The van der Waals surface area contributed by atoms with Gasteiger partial charge in [-0.2, -0.15) is 0 Å². The zero-order valence-corrected chi connectivity index (χ0v) is 15.3. The highest BCUT2D eigenvalue weighted by Gasteiger charge is 2.13. The summed E-state index contributed by atoms with van der Waals surface area (Å²) >= 11 is 0. The summed E-state index contributed by atoms with van der Waals surface area (Å²) in [6.45, 7) is 0. The van der Waals surface area contributed by atoms with E-state index < -0.39 is 0 Å². The number of hydrogen-bond acceptors (Lipinski definition) is 2. The van der Waals surface area contributed by atoms with Crippen molar-refractivity contribution in [1.82, 2.24) is 4.40 Å². The van der Waals surface area contributed by atoms with Crippen molar-refractivity contribution in [2.24, 2.45) is 0 Å². The molecule has 0 saturated carbocycles. The van der Waals surface area contributed by atoms with E-state index in [9.17, 15) is 0 Å². The number of nitrogens with zero attached hydrogens (tertiary/aromatic N) is 1. The van der Waals surface area contributed by atoms with E-state index in [1.807, 2.05) is 18.2 Å². The Morgan fingerprint density at radius 3 is 2.07 bits per heavy atom. The van der Waals surface area contributed by atoms with Crippen LogP contribution in [0.15, 0.2) is 78.9 Å². The Bertz CT molecular complexity index is 1280. The summed E-state index contributed by atoms with van der Waals surface area (Å²) in [7, 11) is 3.39. The molecule has 3 aromatic carbocycles. The number of rotatable bonds is 3. The maximum atomic E-state index is 5.42. The average Bonchev–Trinajstić information content (AvgIpc) is 3.12. The predicted octanol–water partition coefficient (Wildman–Crippen LogP) is 5.93. The van der Waals surface area contributed by atoms with Gasteiger partial charge < -0.3 is 13.9 Å². The molecule has 0 aliphatic heterocycles. The van der Waals surface area contributed by atoms with Crippen LogP contribution in [0.25, 0.3) is 38.4 Å².